The Morgan fingerprint density at radius 1 is 1.20 bits per heavy atom. The van der Waals surface area contributed by atoms with Crippen molar-refractivity contribution in [3.05, 3.63) is 35.6 Å². The Labute approximate surface area is 64.5 Å². The monoisotopic (exact) mass is 157 g/mol. The van der Waals surface area contributed by atoms with E-state index in [4.69, 9.17) is 5.26 Å². The highest BCUT2D eigenvalue weighted by atomic mass is 35.5. The van der Waals surface area contributed by atoms with E-state index in [1.807, 2.05) is 6.07 Å². The Kier molecular flexibility index (Phi) is 3.45. The summed E-state index contributed by atoms with van der Waals surface area (Å²) in [6.07, 6.45) is 0. The van der Waals surface area contributed by atoms with Gasteiger partial charge < -0.3 is 0 Å². The van der Waals surface area contributed by atoms with Crippen LogP contribution < -0.4 is 0 Å². The first-order valence-corrected chi connectivity index (χ1v) is 2.48. The summed E-state index contributed by atoms with van der Waals surface area (Å²) in [6.45, 7) is 0. The van der Waals surface area contributed by atoms with Crippen LogP contribution in [0.2, 0.25) is 0 Å². The summed E-state index contributed by atoms with van der Waals surface area (Å²) < 4.78 is 12.1. The quantitative estimate of drug-likeness (QED) is 0.566. The van der Waals surface area contributed by atoms with Crippen LogP contribution in [-0.4, -0.2) is 0 Å². The maximum atomic E-state index is 12.1. The van der Waals surface area contributed by atoms with E-state index in [-0.39, 0.29) is 18.2 Å². The lowest BCUT2D eigenvalue weighted by molar-refractivity contribution is 0.627. The maximum absolute atomic E-state index is 12.1. The molecule has 0 aromatic heterocycles. The van der Waals surface area contributed by atoms with Gasteiger partial charge in [0, 0.05) is 0 Å². The van der Waals surface area contributed by atoms with Gasteiger partial charge in [0.05, 0.1) is 11.6 Å². The number of benzene rings is 1. The van der Waals surface area contributed by atoms with Crippen LogP contribution in [0.25, 0.3) is 0 Å². The van der Waals surface area contributed by atoms with Crippen molar-refractivity contribution in [2.24, 2.45) is 0 Å². The number of nitriles is 1. The molecule has 0 unspecified atom stereocenters. The van der Waals surface area contributed by atoms with Gasteiger partial charge in [-0.2, -0.15) is 5.26 Å². The van der Waals surface area contributed by atoms with Crippen molar-refractivity contribution in [2.45, 2.75) is 0 Å². The zero-order valence-electron chi connectivity index (χ0n) is 5.04. The molecule has 10 heavy (non-hydrogen) atoms. The Hall–Kier alpha value is -1.07. The summed E-state index contributed by atoms with van der Waals surface area (Å²) in [5.74, 6) is -0.311. The highest BCUT2D eigenvalue weighted by Crippen LogP contribution is 1.99. The minimum Gasteiger partial charge on any atom is -0.207 e. The normalized spacial score (nSPS) is 7.60. The number of rotatable bonds is 0. The van der Waals surface area contributed by atoms with Crippen molar-refractivity contribution in [1.29, 1.82) is 5.26 Å². The number of hydrogen-bond acceptors (Lipinski definition) is 1. The van der Waals surface area contributed by atoms with Crippen molar-refractivity contribution in [3.8, 4) is 6.07 Å². The van der Waals surface area contributed by atoms with E-state index in [0.29, 0.717) is 5.56 Å². The van der Waals surface area contributed by atoms with E-state index in [0.717, 1.165) is 0 Å². The molecule has 0 aliphatic carbocycles. The summed E-state index contributed by atoms with van der Waals surface area (Å²) in [6, 6.07) is 7.29. The molecular formula is C7H5ClFN. The van der Waals surface area contributed by atoms with Gasteiger partial charge in [-0.15, -0.1) is 12.4 Å². The molecule has 0 amide bonds. The van der Waals surface area contributed by atoms with Gasteiger partial charge >= 0.3 is 0 Å². The molecule has 0 spiro atoms. The largest absolute Gasteiger partial charge is 0.207 e. The first-order chi connectivity index (χ1) is 4.33. The van der Waals surface area contributed by atoms with Gasteiger partial charge in [-0.25, -0.2) is 4.39 Å². The second kappa shape index (κ2) is 3.86. The van der Waals surface area contributed by atoms with Crippen molar-refractivity contribution in [1.82, 2.24) is 0 Å². The minimum atomic E-state index is -0.311. The molecule has 1 nitrogen and oxygen atoms in total. The summed E-state index contributed by atoms with van der Waals surface area (Å²) in [4.78, 5) is 0. The molecule has 0 atom stereocenters. The Bertz CT molecular complexity index is 237. The predicted molar refractivity (Wildman–Crippen MR) is 38.4 cm³/mol. The first kappa shape index (κ1) is 8.93. The van der Waals surface area contributed by atoms with Crippen LogP contribution in [-0.2, 0) is 0 Å². The smallest absolute Gasteiger partial charge is 0.123 e. The third-order valence-corrected chi connectivity index (χ3v) is 0.973. The lowest BCUT2D eigenvalue weighted by atomic mass is 10.2. The molecular weight excluding hydrogens is 153 g/mol. The molecule has 52 valence electrons. The molecule has 0 heterocycles. The highest BCUT2D eigenvalue weighted by Gasteiger charge is 1.87. The standard InChI is InChI=1S/C7H4FN.ClH/c8-7-3-1-6(5-9)2-4-7;/h1-4H;1H. The topological polar surface area (TPSA) is 23.8 Å². The van der Waals surface area contributed by atoms with Gasteiger partial charge in [0.1, 0.15) is 5.82 Å². The van der Waals surface area contributed by atoms with Crippen molar-refractivity contribution >= 4 is 12.4 Å². The number of hydrogen-bond donors (Lipinski definition) is 0. The van der Waals surface area contributed by atoms with Crippen molar-refractivity contribution < 1.29 is 4.39 Å². The van der Waals surface area contributed by atoms with Crippen LogP contribution in [0.4, 0.5) is 4.39 Å². The molecule has 0 aliphatic heterocycles. The molecule has 0 N–H and O–H groups in total. The second-order valence-electron chi connectivity index (χ2n) is 1.62. The van der Waals surface area contributed by atoms with E-state index in [1.165, 1.54) is 24.3 Å². The average molecular weight is 158 g/mol. The van der Waals surface area contributed by atoms with E-state index in [9.17, 15) is 4.39 Å². The molecule has 0 bridgehead atoms. The van der Waals surface area contributed by atoms with Crippen LogP contribution in [0.15, 0.2) is 24.3 Å². The second-order valence-corrected chi connectivity index (χ2v) is 1.62. The molecule has 1 rings (SSSR count). The molecule has 0 saturated heterocycles. The van der Waals surface area contributed by atoms with Crippen LogP contribution >= 0.6 is 12.4 Å². The number of halogens is 2. The Balaban J connectivity index is 0.000000810. The molecule has 0 radical (unpaired) electrons. The first-order valence-electron chi connectivity index (χ1n) is 2.48. The van der Waals surface area contributed by atoms with E-state index in [2.05, 4.69) is 0 Å². The zero-order valence-corrected chi connectivity index (χ0v) is 5.86. The van der Waals surface area contributed by atoms with Crippen molar-refractivity contribution in [3.63, 3.8) is 0 Å². The van der Waals surface area contributed by atoms with Gasteiger partial charge in [0.25, 0.3) is 0 Å². The van der Waals surface area contributed by atoms with Gasteiger partial charge in [0.15, 0.2) is 0 Å². The van der Waals surface area contributed by atoms with Crippen molar-refractivity contribution in [2.75, 3.05) is 0 Å². The maximum Gasteiger partial charge on any atom is 0.123 e. The summed E-state index contributed by atoms with van der Waals surface area (Å²) in [5.41, 5.74) is 0.483. The molecule has 1 aromatic carbocycles. The van der Waals surface area contributed by atoms with Crippen LogP contribution in [0.5, 0.6) is 0 Å². The lowest BCUT2D eigenvalue weighted by Gasteiger charge is -1.84. The molecule has 0 aliphatic rings. The van der Waals surface area contributed by atoms with Gasteiger partial charge in [-0.1, -0.05) is 0 Å². The third kappa shape index (κ3) is 2.04. The van der Waals surface area contributed by atoms with Crippen LogP contribution in [0.3, 0.4) is 0 Å². The minimum absolute atomic E-state index is 0. The molecule has 0 fully saturated rings. The lowest BCUT2D eigenvalue weighted by Crippen LogP contribution is -1.73. The number of nitrogens with zero attached hydrogens (tertiary/aromatic N) is 1. The fourth-order valence-electron chi connectivity index (χ4n) is 0.524. The average Bonchev–Trinajstić information content (AvgIpc) is 1.90. The Morgan fingerprint density at radius 3 is 2.10 bits per heavy atom. The third-order valence-electron chi connectivity index (χ3n) is 0.973. The predicted octanol–water partition coefficient (Wildman–Crippen LogP) is 2.12. The Morgan fingerprint density at radius 2 is 1.70 bits per heavy atom. The summed E-state index contributed by atoms with van der Waals surface area (Å²) in [7, 11) is 0. The van der Waals surface area contributed by atoms with Gasteiger partial charge in [-0.05, 0) is 24.3 Å². The van der Waals surface area contributed by atoms with Gasteiger partial charge in [-0.3, -0.25) is 0 Å². The molecule has 0 saturated carbocycles. The molecule has 1 aromatic rings. The van der Waals surface area contributed by atoms with Gasteiger partial charge in [0.2, 0.25) is 0 Å². The van der Waals surface area contributed by atoms with E-state index < -0.39 is 0 Å². The zero-order chi connectivity index (χ0) is 6.69. The van der Waals surface area contributed by atoms with Crippen LogP contribution in [0, 0.1) is 17.1 Å². The van der Waals surface area contributed by atoms with E-state index in [1.54, 1.807) is 0 Å². The summed E-state index contributed by atoms with van der Waals surface area (Å²) >= 11 is 0. The SMILES string of the molecule is Cl.N#Cc1ccc(F)cc1. The summed E-state index contributed by atoms with van der Waals surface area (Å²) in [5, 5.41) is 8.26. The molecule has 3 heteroatoms. The fourth-order valence-corrected chi connectivity index (χ4v) is 0.524. The highest BCUT2D eigenvalue weighted by molar-refractivity contribution is 5.85. The fraction of sp³-hybridized carbons (Fsp3) is 0. The van der Waals surface area contributed by atoms with Crippen LogP contribution in [0.1, 0.15) is 5.56 Å². The van der Waals surface area contributed by atoms with E-state index >= 15 is 0 Å².